The molecule has 0 spiro atoms. The van der Waals surface area contributed by atoms with Crippen LogP contribution in [0.1, 0.15) is 5.69 Å². The van der Waals surface area contributed by atoms with E-state index in [1.807, 2.05) is 24.3 Å². The zero-order valence-corrected chi connectivity index (χ0v) is 15.2. The number of aromatic nitrogens is 1. The molecule has 1 fully saturated rings. The second-order valence-electron chi connectivity index (χ2n) is 4.78. The van der Waals surface area contributed by atoms with Gasteiger partial charge in [0, 0.05) is 16.1 Å². The van der Waals surface area contributed by atoms with Crippen LogP contribution in [0.2, 0.25) is 0 Å². The van der Waals surface area contributed by atoms with Crippen molar-refractivity contribution >= 4 is 62.2 Å². The summed E-state index contributed by atoms with van der Waals surface area (Å²) in [7, 11) is 0. The molecule has 0 unspecified atom stereocenters. The van der Waals surface area contributed by atoms with Crippen LogP contribution in [0.4, 0.5) is 0 Å². The third kappa shape index (κ3) is 3.58. The molecule has 1 aliphatic rings. The van der Waals surface area contributed by atoms with Crippen LogP contribution in [0.25, 0.3) is 17.4 Å². The predicted octanol–water partition coefficient (Wildman–Crippen LogP) is 3.39. The number of thioether (sulfide) groups is 1. The van der Waals surface area contributed by atoms with E-state index >= 15 is 0 Å². The third-order valence-electron chi connectivity index (χ3n) is 3.10. The molecule has 2 heterocycles. The van der Waals surface area contributed by atoms with Crippen molar-refractivity contribution in [2.45, 2.75) is 0 Å². The highest BCUT2D eigenvalue weighted by molar-refractivity contribution is 9.10. The Balaban J connectivity index is 1.82. The van der Waals surface area contributed by atoms with Crippen LogP contribution >= 0.6 is 39.9 Å². The Bertz CT molecular complexity index is 861. The van der Waals surface area contributed by atoms with Crippen LogP contribution in [0, 0.1) is 0 Å². The fraction of sp³-hybridized carbons (Fsp3) is 0.0667. The Kier molecular flexibility index (Phi) is 4.83. The zero-order valence-electron chi connectivity index (χ0n) is 11.9. The van der Waals surface area contributed by atoms with E-state index < -0.39 is 18.4 Å². The van der Waals surface area contributed by atoms with Crippen molar-refractivity contribution in [1.82, 2.24) is 10.1 Å². The summed E-state index contributed by atoms with van der Waals surface area (Å²) in [5.41, 5.74) is 1.31. The van der Waals surface area contributed by atoms with E-state index in [9.17, 15) is 9.59 Å². The minimum atomic E-state index is -1.12. The fourth-order valence-corrected chi connectivity index (χ4v) is 3.52. The van der Waals surface area contributed by atoms with Crippen molar-refractivity contribution in [3.8, 4) is 11.3 Å². The first kappa shape index (κ1) is 16.9. The molecular weight excluding hydrogens is 416 g/mol. The van der Waals surface area contributed by atoms with Gasteiger partial charge in [0.1, 0.15) is 16.6 Å². The number of aliphatic carboxylic acids is 1. The smallest absolute Gasteiger partial charge is 0.323 e. The largest absolute Gasteiger partial charge is 0.480 e. The maximum Gasteiger partial charge on any atom is 0.323 e. The molecule has 1 aromatic carbocycles. The van der Waals surface area contributed by atoms with Gasteiger partial charge in [0.05, 0.1) is 4.91 Å². The molecule has 2 aromatic rings. The number of thiocarbonyl (C=S) groups is 1. The zero-order chi connectivity index (χ0) is 17.3. The first-order chi connectivity index (χ1) is 11.4. The third-order valence-corrected chi connectivity index (χ3v) is 5.01. The quantitative estimate of drug-likeness (QED) is 0.594. The minimum Gasteiger partial charge on any atom is -0.480 e. The Hall–Kier alpha value is -1.97. The summed E-state index contributed by atoms with van der Waals surface area (Å²) in [4.78, 5) is 24.3. The molecule has 0 radical (unpaired) electrons. The predicted molar refractivity (Wildman–Crippen MR) is 97.2 cm³/mol. The van der Waals surface area contributed by atoms with Gasteiger partial charge in [0.25, 0.3) is 5.91 Å². The van der Waals surface area contributed by atoms with Gasteiger partial charge in [-0.3, -0.25) is 14.5 Å². The maximum atomic E-state index is 12.2. The first-order valence-corrected chi connectivity index (χ1v) is 8.65. The molecule has 6 nitrogen and oxygen atoms in total. The Morgan fingerprint density at radius 3 is 2.79 bits per heavy atom. The Morgan fingerprint density at radius 1 is 1.42 bits per heavy atom. The van der Waals surface area contributed by atoms with Gasteiger partial charge < -0.3 is 9.63 Å². The van der Waals surface area contributed by atoms with E-state index in [-0.39, 0.29) is 4.32 Å². The lowest BCUT2D eigenvalue weighted by molar-refractivity contribution is -0.140. The lowest BCUT2D eigenvalue weighted by Gasteiger charge is -2.09. The topological polar surface area (TPSA) is 83.6 Å². The Labute approximate surface area is 154 Å². The average molecular weight is 425 g/mol. The van der Waals surface area contributed by atoms with Crippen LogP contribution in [0.5, 0.6) is 0 Å². The second kappa shape index (κ2) is 6.88. The SMILES string of the molecule is O=C(O)CN1C(=O)/C(=C/c2cc(-c3ccc(Br)cc3)on2)SC1=S. The van der Waals surface area contributed by atoms with Crippen molar-refractivity contribution in [3.63, 3.8) is 0 Å². The van der Waals surface area contributed by atoms with Crippen LogP contribution in [-0.2, 0) is 9.59 Å². The van der Waals surface area contributed by atoms with Crippen LogP contribution in [-0.4, -0.2) is 37.9 Å². The monoisotopic (exact) mass is 424 g/mol. The highest BCUT2D eigenvalue weighted by Crippen LogP contribution is 2.33. The van der Waals surface area contributed by atoms with E-state index in [0.29, 0.717) is 16.4 Å². The van der Waals surface area contributed by atoms with Crippen molar-refractivity contribution in [2.24, 2.45) is 0 Å². The van der Waals surface area contributed by atoms with Crippen molar-refractivity contribution in [2.75, 3.05) is 6.54 Å². The molecule has 9 heteroatoms. The number of hydrogen-bond acceptors (Lipinski definition) is 6. The summed E-state index contributed by atoms with van der Waals surface area (Å²) in [6, 6.07) is 9.22. The van der Waals surface area contributed by atoms with E-state index in [0.717, 1.165) is 26.7 Å². The van der Waals surface area contributed by atoms with E-state index in [4.69, 9.17) is 21.8 Å². The lowest BCUT2D eigenvalue weighted by Crippen LogP contribution is -2.33. The number of carboxylic acid groups (broad SMARTS) is 1. The molecule has 1 amide bonds. The lowest BCUT2D eigenvalue weighted by atomic mass is 10.1. The molecule has 1 saturated heterocycles. The number of carbonyl (C=O) groups excluding carboxylic acids is 1. The second-order valence-corrected chi connectivity index (χ2v) is 7.38. The molecule has 1 aliphatic heterocycles. The van der Waals surface area contributed by atoms with Crippen molar-refractivity contribution < 1.29 is 19.2 Å². The number of carboxylic acids is 1. The molecule has 122 valence electrons. The number of rotatable bonds is 4. The van der Waals surface area contributed by atoms with Crippen LogP contribution < -0.4 is 0 Å². The van der Waals surface area contributed by atoms with Gasteiger partial charge >= 0.3 is 5.97 Å². The summed E-state index contributed by atoms with van der Waals surface area (Å²) in [6.07, 6.45) is 1.53. The maximum absolute atomic E-state index is 12.2. The van der Waals surface area contributed by atoms with E-state index in [2.05, 4.69) is 21.1 Å². The van der Waals surface area contributed by atoms with Gasteiger partial charge in [-0.1, -0.05) is 57.2 Å². The Morgan fingerprint density at radius 2 is 2.12 bits per heavy atom. The highest BCUT2D eigenvalue weighted by atomic mass is 79.9. The summed E-state index contributed by atoms with van der Waals surface area (Å²) in [6.45, 7) is -0.453. The number of hydrogen-bond donors (Lipinski definition) is 1. The normalized spacial score (nSPS) is 16.2. The molecular formula is C15H9BrN2O4S2. The van der Waals surface area contributed by atoms with Crippen LogP contribution in [0.3, 0.4) is 0 Å². The van der Waals surface area contributed by atoms with Gasteiger partial charge in [-0.25, -0.2) is 0 Å². The number of halogens is 1. The van der Waals surface area contributed by atoms with Crippen LogP contribution in [0.15, 0.2) is 44.2 Å². The van der Waals surface area contributed by atoms with Gasteiger partial charge in [-0.05, 0) is 18.2 Å². The first-order valence-electron chi connectivity index (χ1n) is 6.64. The fourth-order valence-electron chi connectivity index (χ4n) is 2.01. The molecule has 0 aliphatic carbocycles. The van der Waals surface area contributed by atoms with Gasteiger partial charge in [0.2, 0.25) is 0 Å². The van der Waals surface area contributed by atoms with Gasteiger partial charge in [-0.2, -0.15) is 0 Å². The number of amides is 1. The summed E-state index contributed by atoms with van der Waals surface area (Å²) in [5.74, 6) is -0.998. The molecule has 3 rings (SSSR count). The number of benzene rings is 1. The summed E-state index contributed by atoms with van der Waals surface area (Å²) in [5, 5.41) is 12.7. The molecule has 0 atom stereocenters. The van der Waals surface area contributed by atoms with E-state index in [1.165, 1.54) is 6.08 Å². The van der Waals surface area contributed by atoms with Gasteiger partial charge in [-0.15, -0.1) is 0 Å². The number of nitrogens with zero attached hydrogens (tertiary/aromatic N) is 2. The molecule has 0 saturated carbocycles. The average Bonchev–Trinajstić information content (AvgIpc) is 3.09. The molecule has 1 aromatic heterocycles. The molecule has 0 bridgehead atoms. The minimum absolute atomic E-state index is 0.213. The standard InChI is InChI=1S/C15H9BrN2O4S2/c16-9-3-1-8(2-4-9)11-5-10(17-22-11)6-12-14(21)18(7-13(19)20)15(23)24-12/h1-6H,7H2,(H,19,20)/b12-6-. The van der Waals surface area contributed by atoms with Crippen molar-refractivity contribution in [1.29, 1.82) is 0 Å². The van der Waals surface area contributed by atoms with E-state index in [1.54, 1.807) is 6.07 Å². The molecule has 1 N–H and O–H groups in total. The van der Waals surface area contributed by atoms with Crippen molar-refractivity contribution in [3.05, 3.63) is 45.4 Å². The summed E-state index contributed by atoms with van der Waals surface area (Å²) >= 11 is 9.44. The highest BCUT2D eigenvalue weighted by Gasteiger charge is 2.33. The molecule has 24 heavy (non-hydrogen) atoms. The summed E-state index contributed by atoms with van der Waals surface area (Å²) < 4.78 is 6.45. The van der Waals surface area contributed by atoms with Gasteiger partial charge in [0.15, 0.2) is 5.76 Å². The number of carbonyl (C=O) groups is 2.